The molecular formula is C16H18O. The van der Waals surface area contributed by atoms with E-state index in [1.165, 1.54) is 27.8 Å². The smallest absolute Gasteiger partial charge is 0.0682 e. The third-order valence-electron chi connectivity index (χ3n) is 3.02. The third-order valence-corrected chi connectivity index (χ3v) is 3.02. The first-order valence-electron chi connectivity index (χ1n) is 5.89. The van der Waals surface area contributed by atoms with Gasteiger partial charge in [-0.05, 0) is 49.1 Å². The van der Waals surface area contributed by atoms with Crippen LogP contribution < -0.4 is 0 Å². The van der Waals surface area contributed by atoms with Crippen LogP contribution in [0, 0.1) is 20.8 Å². The molecule has 0 heterocycles. The molecule has 17 heavy (non-hydrogen) atoms. The van der Waals surface area contributed by atoms with Gasteiger partial charge >= 0.3 is 0 Å². The van der Waals surface area contributed by atoms with Crippen molar-refractivity contribution < 1.29 is 5.11 Å². The molecule has 0 bridgehead atoms. The zero-order valence-electron chi connectivity index (χ0n) is 10.6. The monoisotopic (exact) mass is 226 g/mol. The van der Waals surface area contributed by atoms with Crippen LogP contribution in [-0.2, 0) is 6.61 Å². The van der Waals surface area contributed by atoms with Crippen LogP contribution in [0.25, 0.3) is 11.1 Å². The molecule has 0 aromatic heterocycles. The molecule has 2 rings (SSSR count). The summed E-state index contributed by atoms with van der Waals surface area (Å²) >= 11 is 0. The molecule has 88 valence electrons. The highest BCUT2D eigenvalue weighted by molar-refractivity contribution is 5.69. The highest BCUT2D eigenvalue weighted by Crippen LogP contribution is 2.26. The molecule has 0 saturated heterocycles. The summed E-state index contributed by atoms with van der Waals surface area (Å²) in [6.07, 6.45) is 0. The fraction of sp³-hybridized carbons (Fsp3) is 0.250. The first-order valence-corrected chi connectivity index (χ1v) is 5.89. The van der Waals surface area contributed by atoms with E-state index < -0.39 is 0 Å². The molecule has 0 spiro atoms. The number of hydrogen-bond donors (Lipinski definition) is 1. The van der Waals surface area contributed by atoms with Crippen LogP contribution in [0.15, 0.2) is 36.4 Å². The fourth-order valence-corrected chi connectivity index (χ4v) is 2.21. The molecule has 1 nitrogen and oxygen atoms in total. The molecular weight excluding hydrogens is 208 g/mol. The summed E-state index contributed by atoms with van der Waals surface area (Å²) in [6, 6.07) is 12.7. The number of rotatable bonds is 2. The van der Waals surface area contributed by atoms with Gasteiger partial charge in [-0.3, -0.25) is 0 Å². The van der Waals surface area contributed by atoms with Crippen LogP contribution in [0.3, 0.4) is 0 Å². The van der Waals surface area contributed by atoms with Crippen molar-refractivity contribution in [1.82, 2.24) is 0 Å². The van der Waals surface area contributed by atoms with Gasteiger partial charge in [0.1, 0.15) is 0 Å². The zero-order chi connectivity index (χ0) is 12.4. The summed E-state index contributed by atoms with van der Waals surface area (Å²) in [5, 5.41) is 9.21. The maximum Gasteiger partial charge on any atom is 0.0682 e. The minimum absolute atomic E-state index is 0.0953. The maximum absolute atomic E-state index is 9.21. The number of aliphatic hydroxyl groups is 1. The average Bonchev–Trinajstić information content (AvgIpc) is 2.28. The molecule has 0 fully saturated rings. The van der Waals surface area contributed by atoms with E-state index in [0.29, 0.717) is 0 Å². The van der Waals surface area contributed by atoms with Crippen LogP contribution in [0.2, 0.25) is 0 Å². The Balaban J connectivity index is 2.58. The van der Waals surface area contributed by atoms with Gasteiger partial charge in [-0.1, -0.05) is 41.5 Å². The predicted octanol–water partition coefficient (Wildman–Crippen LogP) is 3.77. The normalized spacial score (nSPS) is 10.6. The lowest BCUT2D eigenvalue weighted by atomic mass is 9.95. The summed E-state index contributed by atoms with van der Waals surface area (Å²) < 4.78 is 0. The Morgan fingerprint density at radius 3 is 2.12 bits per heavy atom. The third kappa shape index (κ3) is 2.56. The van der Waals surface area contributed by atoms with Crippen molar-refractivity contribution >= 4 is 0 Å². The Labute approximate surface area is 103 Å². The Morgan fingerprint density at radius 1 is 0.882 bits per heavy atom. The average molecular weight is 226 g/mol. The van der Waals surface area contributed by atoms with Crippen molar-refractivity contribution in [2.75, 3.05) is 0 Å². The molecule has 0 aliphatic heterocycles. The van der Waals surface area contributed by atoms with E-state index in [1.54, 1.807) is 0 Å². The molecule has 2 aromatic carbocycles. The van der Waals surface area contributed by atoms with E-state index in [1.807, 2.05) is 6.07 Å². The molecule has 0 aliphatic rings. The Kier molecular flexibility index (Phi) is 3.30. The lowest BCUT2D eigenvalue weighted by molar-refractivity contribution is 0.282. The van der Waals surface area contributed by atoms with E-state index in [9.17, 15) is 5.11 Å². The molecule has 1 N–H and O–H groups in total. The van der Waals surface area contributed by atoms with Crippen molar-refractivity contribution in [3.05, 3.63) is 58.7 Å². The minimum atomic E-state index is 0.0953. The van der Waals surface area contributed by atoms with E-state index >= 15 is 0 Å². The van der Waals surface area contributed by atoms with Gasteiger partial charge in [-0.2, -0.15) is 0 Å². The summed E-state index contributed by atoms with van der Waals surface area (Å²) in [4.78, 5) is 0. The van der Waals surface area contributed by atoms with Gasteiger partial charge in [0.25, 0.3) is 0 Å². The van der Waals surface area contributed by atoms with E-state index in [0.717, 1.165) is 5.56 Å². The zero-order valence-corrected chi connectivity index (χ0v) is 10.6. The van der Waals surface area contributed by atoms with Gasteiger partial charge in [0.05, 0.1) is 6.61 Å². The molecule has 0 unspecified atom stereocenters. The number of aryl methyl sites for hydroxylation is 3. The quantitative estimate of drug-likeness (QED) is 0.826. The lowest BCUT2D eigenvalue weighted by Crippen LogP contribution is -1.90. The van der Waals surface area contributed by atoms with Crippen LogP contribution in [0.5, 0.6) is 0 Å². The van der Waals surface area contributed by atoms with Gasteiger partial charge in [0.2, 0.25) is 0 Å². The predicted molar refractivity (Wildman–Crippen MR) is 72.0 cm³/mol. The topological polar surface area (TPSA) is 20.2 Å². The molecule has 0 aliphatic carbocycles. The second-order valence-corrected chi connectivity index (χ2v) is 4.68. The first kappa shape index (κ1) is 11.9. The second-order valence-electron chi connectivity index (χ2n) is 4.68. The molecule has 0 amide bonds. The second kappa shape index (κ2) is 4.72. The summed E-state index contributed by atoms with van der Waals surface area (Å²) in [7, 11) is 0. The van der Waals surface area contributed by atoms with Crippen molar-refractivity contribution in [2.24, 2.45) is 0 Å². The highest BCUT2D eigenvalue weighted by Gasteiger charge is 2.04. The summed E-state index contributed by atoms with van der Waals surface area (Å²) in [6.45, 7) is 6.43. The van der Waals surface area contributed by atoms with Crippen molar-refractivity contribution in [3.63, 3.8) is 0 Å². The summed E-state index contributed by atoms with van der Waals surface area (Å²) in [5.41, 5.74) is 7.19. The highest BCUT2D eigenvalue weighted by atomic mass is 16.3. The van der Waals surface area contributed by atoms with Crippen molar-refractivity contribution in [2.45, 2.75) is 27.4 Å². The van der Waals surface area contributed by atoms with E-state index in [-0.39, 0.29) is 6.61 Å². The van der Waals surface area contributed by atoms with Crippen LogP contribution in [0.4, 0.5) is 0 Å². The Morgan fingerprint density at radius 2 is 1.53 bits per heavy atom. The van der Waals surface area contributed by atoms with Gasteiger partial charge in [0.15, 0.2) is 0 Å². The molecule has 0 atom stereocenters. The maximum atomic E-state index is 9.21. The summed E-state index contributed by atoms with van der Waals surface area (Å²) in [5.74, 6) is 0. The Bertz CT molecular complexity index is 521. The van der Waals surface area contributed by atoms with Gasteiger partial charge in [-0.25, -0.2) is 0 Å². The number of aliphatic hydroxyl groups excluding tert-OH is 1. The molecule has 0 radical (unpaired) electrons. The van der Waals surface area contributed by atoms with Crippen LogP contribution in [0.1, 0.15) is 22.3 Å². The van der Waals surface area contributed by atoms with Gasteiger partial charge in [-0.15, -0.1) is 0 Å². The Hall–Kier alpha value is -1.60. The first-order chi connectivity index (χ1) is 8.10. The van der Waals surface area contributed by atoms with Gasteiger partial charge in [0, 0.05) is 0 Å². The molecule has 1 heteroatoms. The standard InChI is InChI=1S/C16H18O/c1-11-6-12(2)8-15(7-11)16-9-14(10-17)5-4-13(16)3/h4-9,17H,10H2,1-3H3. The number of hydrogen-bond acceptors (Lipinski definition) is 1. The molecule has 2 aromatic rings. The minimum Gasteiger partial charge on any atom is -0.392 e. The van der Waals surface area contributed by atoms with E-state index in [4.69, 9.17) is 0 Å². The largest absolute Gasteiger partial charge is 0.392 e. The number of benzene rings is 2. The fourth-order valence-electron chi connectivity index (χ4n) is 2.21. The SMILES string of the molecule is Cc1cc(C)cc(-c2cc(CO)ccc2C)c1. The van der Waals surface area contributed by atoms with Crippen molar-refractivity contribution in [3.8, 4) is 11.1 Å². The molecule has 0 saturated carbocycles. The van der Waals surface area contributed by atoms with Crippen LogP contribution >= 0.6 is 0 Å². The van der Waals surface area contributed by atoms with Crippen molar-refractivity contribution in [1.29, 1.82) is 0 Å². The lowest BCUT2D eigenvalue weighted by Gasteiger charge is -2.10. The van der Waals surface area contributed by atoms with Gasteiger partial charge < -0.3 is 5.11 Å². The van der Waals surface area contributed by atoms with Crippen LogP contribution in [-0.4, -0.2) is 5.11 Å². The van der Waals surface area contributed by atoms with E-state index in [2.05, 4.69) is 51.1 Å².